The fourth-order valence-electron chi connectivity index (χ4n) is 3.92. The van der Waals surface area contributed by atoms with E-state index in [0.717, 1.165) is 30.6 Å². The molecule has 6 nitrogen and oxygen atoms in total. The molecule has 3 rings (SSSR count). The molecule has 2 saturated heterocycles. The molecule has 2 fully saturated rings. The van der Waals surface area contributed by atoms with E-state index in [0.29, 0.717) is 18.7 Å². The molecule has 0 unspecified atom stereocenters. The molecule has 4 atom stereocenters. The lowest BCUT2D eigenvalue weighted by Crippen LogP contribution is -2.58. The predicted molar refractivity (Wildman–Crippen MR) is 109 cm³/mol. The number of rotatable bonds is 8. The number of carbonyl (C=O) groups is 1. The van der Waals surface area contributed by atoms with Gasteiger partial charge in [-0.2, -0.15) is 0 Å². The standard InChI is InChI=1S/C21H29NO5S/c1-3-4-5-6-18-11-16(23)12-21(25,27-18)19-14-28-20(24)22(19)13-15-7-9-17(26-2)10-8-15/h3,7-10,16,18-19,23,25H,1,4-6,11-14H2,2H3/t16-,18-,19+,21-/m1/s1. The van der Waals surface area contributed by atoms with Crippen LogP contribution in [0.25, 0.3) is 0 Å². The summed E-state index contributed by atoms with van der Waals surface area (Å²) in [4.78, 5) is 14.2. The van der Waals surface area contributed by atoms with Crippen molar-refractivity contribution in [3.8, 4) is 5.75 Å². The summed E-state index contributed by atoms with van der Waals surface area (Å²) in [6.45, 7) is 4.10. The minimum Gasteiger partial charge on any atom is -0.497 e. The van der Waals surface area contributed by atoms with Gasteiger partial charge >= 0.3 is 0 Å². The summed E-state index contributed by atoms with van der Waals surface area (Å²) in [5.74, 6) is -0.345. The van der Waals surface area contributed by atoms with Gasteiger partial charge < -0.3 is 24.6 Å². The zero-order valence-electron chi connectivity index (χ0n) is 16.3. The molecular weight excluding hydrogens is 378 g/mol. The molecule has 0 aromatic heterocycles. The highest BCUT2D eigenvalue weighted by Crippen LogP contribution is 2.40. The fourth-order valence-corrected chi connectivity index (χ4v) is 5.02. The Labute approximate surface area is 170 Å². The first-order chi connectivity index (χ1) is 13.4. The molecule has 154 valence electrons. The number of nitrogens with zero attached hydrogens (tertiary/aromatic N) is 1. The molecule has 0 spiro atoms. The first kappa shape index (κ1) is 21.2. The second-order valence-corrected chi connectivity index (χ2v) is 8.44. The van der Waals surface area contributed by atoms with Gasteiger partial charge in [0, 0.05) is 18.7 Å². The number of carbonyl (C=O) groups excluding carboxylic acids is 1. The maximum Gasteiger partial charge on any atom is 0.282 e. The summed E-state index contributed by atoms with van der Waals surface area (Å²) in [5.41, 5.74) is 0.948. The summed E-state index contributed by atoms with van der Waals surface area (Å²) >= 11 is 1.18. The normalized spacial score (nSPS) is 30.5. The van der Waals surface area contributed by atoms with Crippen LogP contribution in [0.4, 0.5) is 4.79 Å². The van der Waals surface area contributed by atoms with E-state index >= 15 is 0 Å². The third kappa shape index (κ3) is 4.89. The number of ether oxygens (including phenoxy) is 2. The molecule has 1 aromatic carbocycles. The predicted octanol–water partition coefficient (Wildman–Crippen LogP) is 3.32. The molecule has 7 heteroatoms. The molecular formula is C21H29NO5S. The third-order valence-corrected chi connectivity index (χ3v) is 6.34. The SMILES string of the molecule is C=CCCC[C@@H]1C[C@@H](O)C[C@](O)([C@@H]2CSC(=O)N2Cc2ccc(OC)cc2)O1. The van der Waals surface area contributed by atoms with E-state index in [4.69, 9.17) is 9.47 Å². The van der Waals surface area contributed by atoms with E-state index < -0.39 is 17.9 Å². The number of aliphatic hydroxyl groups excluding tert-OH is 1. The summed E-state index contributed by atoms with van der Waals surface area (Å²) in [6.07, 6.45) is 4.12. The number of methoxy groups -OCH3 is 1. The van der Waals surface area contributed by atoms with Crippen molar-refractivity contribution in [2.75, 3.05) is 12.9 Å². The number of thioether (sulfide) groups is 1. The van der Waals surface area contributed by atoms with E-state index in [1.807, 2.05) is 30.3 Å². The quantitative estimate of drug-likeness (QED) is 0.508. The maximum atomic E-state index is 12.5. The van der Waals surface area contributed by atoms with Gasteiger partial charge in [-0.15, -0.1) is 6.58 Å². The summed E-state index contributed by atoms with van der Waals surface area (Å²) in [6, 6.07) is 7.02. The van der Waals surface area contributed by atoms with Crippen LogP contribution in [0.3, 0.4) is 0 Å². The van der Waals surface area contributed by atoms with E-state index in [-0.39, 0.29) is 17.8 Å². The van der Waals surface area contributed by atoms with Gasteiger partial charge in [0.2, 0.25) is 0 Å². The van der Waals surface area contributed by atoms with Crippen molar-refractivity contribution in [1.82, 2.24) is 4.90 Å². The zero-order chi connectivity index (χ0) is 20.1. The van der Waals surface area contributed by atoms with Crippen LogP contribution in [0.15, 0.2) is 36.9 Å². The summed E-state index contributed by atoms with van der Waals surface area (Å²) in [7, 11) is 1.61. The van der Waals surface area contributed by atoms with Gasteiger partial charge in [-0.1, -0.05) is 30.0 Å². The zero-order valence-corrected chi connectivity index (χ0v) is 17.1. The number of allylic oxidation sites excluding steroid dienone is 1. The lowest BCUT2D eigenvalue weighted by molar-refractivity contribution is -0.292. The average Bonchev–Trinajstić information content (AvgIpc) is 3.03. The number of aliphatic hydroxyl groups is 2. The molecule has 2 heterocycles. The second kappa shape index (κ2) is 9.31. The molecule has 2 aliphatic rings. The van der Waals surface area contributed by atoms with Crippen molar-refractivity contribution in [3.63, 3.8) is 0 Å². The minimum atomic E-state index is -1.54. The number of benzene rings is 1. The number of hydrogen-bond acceptors (Lipinski definition) is 6. The first-order valence-electron chi connectivity index (χ1n) is 9.70. The van der Waals surface area contributed by atoms with Crippen LogP contribution in [0.1, 0.15) is 37.7 Å². The Balaban J connectivity index is 1.72. The highest BCUT2D eigenvalue weighted by molar-refractivity contribution is 8.13. The van der Waals surface area contributed by atoms with E-state index in [2.05, 4.69) is 6.58 Å². The monoisotopic (exact) mass is 407 g/mol. The Bertz CT molecular complexity index is 682. The van der Waals surface area contributed by atoms with Crippen LogP contribution in [-0.4, -0.2) is 57.3 Å². The minimum absolute atomic E-state index is 0.0823. The van der Waals surface area contributed by atoms with Gasteiger partial charge in [0.25, 0.3) is 5.24 Å². The fraction of sp³-hybridized carbons (Fsp3) is 0.571. The van der Waals surface area contributed by atoms with Crippen molar-refractivity contribution in [1.29, 1.82) is 0 Å². The Morgan fingerprint density at radius 3 is 2.86 bits per heavy atom. The maximum absolute atomic E-state index is 12.5. The van der Waals surface area contributed by atoms with Crippen LogP contribution in [0.5, 0.6) is 5.75 Å². The Kier molecular flexibility index (Phi) is 7.04. The molecule has 0 aliphatic carbocycles. The number of unbranched alkanes of at least 4 members (excludes halogenated alkanes) is 1. The van der Waals surface area contributed by atoms with Crippen LogP contribution < -0.4 is 4.74 Å². The smallest absolute Gasteiger partial charge is 0.282 e. The Morgan fingerprint density at radius 1 is 1.43 bits per heavy atom. The Hall–Kier alpha value is -1.54. The highest BCUT2D eigenvalue weighted by atomic mass is 32.2. The Morgan fingerprint density at radius 2 is 2.18 bits per heavy atom. The summed E-state index contributed by atoms with van der Waals surface area (Å²) in [5, 5.41) is 21.6. The molecule has 1 aromatic rings. The van der Waals surface area contributed by atoms with Gasteiger partial charge in [0.15, 0.2) is 5.79 Å². The molecule has 1 amide bonds. The van der Waals surface area contributed by atoms with Gasteiger partial charge in [-0.25, -0.2) is 0 Å². The molecule has 0 radical (unpaired) electrons. The van der Waals surface area contributed by atoms with Crippen molar-refractivity contribution >= 4 is 17.0 Å². The number of hydrogen-bond donors (Lipinski definition) is 2. The van der Waals surface area contributed by atoms with E-state index in [9.17, 15) is 15.0 Å². The molecule has 0 bridgehead atoms. The summed E-state index contributed by atoms with van der Waals surface area (Å²) < 4.78 is 11.2. The van der Waals surface area contributed by atoms with Crippen LogP contribution in [0, 0.1) is 0 Å². The lowest BCUT2D eigenvalue weighted by Gasteiger charge is -2.45. The van der Waals surface area contributed by atoms with Crippen LogP contribution in [-0.2, 0) is 11.3 Å². The van der Waals surface area contributed by atoms with Gasteiger partial charge in [-0.05, 0) is 43.4 Å². The molecule has 28 heavy (non-hydrogen) atoms. The lowest BCUT2D eigenvalue weighted by atomic mass is 9.91. The topological polar surface area (TPSA) is 79.2 Å². The number of amides is 1. The van der Waals surface area contributed by atoms with E-state index in [1.54, 1.807) is 12.0 Å². The van der Waals surface area contributed by atoms with Crippen LogP contribution in [0.2, 0.25) is 0 Å². The molecule has 2 N–H and O–H groups in total. The molecule has 2 aliphatic heterocycles. The van der Waals surface area contributed by atoms with Gasteiger partial charge in [0.1, 0.15) is 5.75 Å². The van der Waals surface area contributed by atoms with Crippen molar-refractivity contribution < 1.29 is 24.5 Å². The van der Waals surface area contributed by atoms with Gasteiger partial charge in [0.05, 0.1) is 25.4 Å². The van der Waals surface area contributed by atoms with Crippen molar-refractivity contribution in [3.05, 3.63) is 42.5 Å². The van der Waals surface area contributed by atoms with Crippen molar-refractivity contribution in [2.24, 2.45) is 0 Å². The molecule has 0 saturated carbocycles. The highest BCUT2D eigenvalue weighted by Gasteiger charge is 2.51. The largest absolute Gasteiger partial charge is 0.497 e. The third-order valence-electron chi connectivity index (χ3n) is 5.38. The average molecular weight is 408 g/mol. The van der Waals surface area contributed by atoms with Crippen molar-refractivity contribution in [2.45, 2.75) is 62.7 Å². The van der Waals surface area contributed by atoms with Crippen LogP contribution >= 0.6 is 11.8 Å². The first-order valence-corrected chi connectivity index (χ1v) is 10.7. The second-order valence-electron chi connectivity index (χ2n) is 7.47. The van der Waals surface area contributed by atoms with Gasteiger partial charge in [-0.3, -0.25) is 4.79 Å². The van der Waals surface area contributed by atoms with E-state index in [1.165, 1.54) is 11.8 Å².